The van der Waals surface area contributed by atoms with Gasteiger partial charge in [-0.3, -0.25) is 0 Å². The van der Waals surface area contributed by atoms with Gasteiger partial charge in [-0.05, 0) is 18.2 Å². The molecule has 0 saturated heterocycles. The van der Waals surface area contributed by atoms with Gasteiger partial charge in [0.2, 0.25) is 0 Å². The van der Waals surface area contributed by atoms with Gasteiger partial charge in [0.05, 0.1) is 12.0 Å². The molecule has 2 N–H and O–H groups in total. The summed E-state index contributed by atoms with van der Waals surface area (Å²) in [6, 6.07) is 3.88. The molecule has 1 rings (SSSR count). The van der Waals surface area contributed by atoms with Crippen molar-refractivity contribution in [1.82, 2.24) is 0 Å². The van der Waals surface area contributed by atoms with Gasteiger partial charge >= 0.3 is 0 Å². The highest BCUT2D eigenvalue weighted by atomic mass is 32.2. The second-order valence-corrected chi connectivity index (χ2v) is 3.71. The maximum Gasteiger partial charge on any atom is 0.126 e. The fourth-order valence-corrected chi connectivity index (χ4v) is 1.48. The number of hydrogen-bond acceptors (Lipinski definition) is 5. The zero-order valence-electron chi connectivity index (χ0n) is 6.85. The second kappa shape index (κ2) is 3.23. The minimum Gasteiger partial charge on any atom is -0.744 e. The van der Waals surface area contributed by atoms with Crippen molar-refractivity contribution < 1.29 is 17.7 Å². The zero-order chi connectivity index (χ0) is 10.1. The normalized spacial score (nSPS) is 11.2. The van der Waals surface area contributed by atoms with E-state index in [0.717, 1.165) is 6.07 Å². The van der Waals surface area contributed by atoms with Crippen LogP contribution in [0.5, 0.6) is 5.75 Å². The molecule has 13 heavy (non-hydrogen) atoms. The Balaban J connectivity index is 3.36. The minimum atomic E-state index is -4.52. The van der Waals surface area contributed by atoms with Crippen LogP contribution in [0.1, 0.15) is 0 Å². The second-order valence-electron chi connectivity index (χ2n) is 2.36. The first kappa shape index (κ1) is 9.82. The molecule has 0 aliphatic rings. The van der Waals surface area contributed by atoms with Gasteiger partial charge in [0.1, 0.15) is 15.9 Å². The number of ether oxygens (including phenoxy) is 1. The number of hydrogen-bond donors (Lipinski definition) is 1. The van der Waals surface area contributed by atoms with Crippen molar-refractivity contribution in [2.24, 2.45) is 0 Å². The molecule has 0 spiro atoms. The van der Waals surface area contributed by atoms with E-state index in [0.29, 0.717) is 0 Å². The van der Waals surface area contributed by atoms with Crippen molar-refractivity contribution in [2.75, 3.05) is 12.8 Å². The molecular formula is C7H8NO4S-. The van der Waals surface area contributed by atoms with Crippen molar-refractivity contribution in [3.05, 3.63) is 18.2 Å². The molecule has 0 aromatic heterocycles. The number of rotatable bonds is 2. The molecule has 0 saturated carbocycles. The summed E-state index contributed by atoms with van der Waals surface area (Å²) in [4.78, 5) is -0.452. The zero-order valence-corrected chi connectivity index (χ0v) is 7.67. The fourth-order valence-electron chi connectivity index (χ4n) is 0.858. The summed E-state index contributed by atoms with van der Waals surface area (Å²) in [7, 11) is -3.15. The van der Waals surface area contributed by atoms with E-state index in [1.54, 1.807) is 0 Å². The Morgan fingerprint density at radius 1 is 1.46 bits per heavy atom. The van der Waals surface area contributed by atoms with Crippen LogP contribution in [0.2, 0.25) is 0 Å². The lowest BCUT2D eigenvalue weighted by molar-refractivity contribution is 0.412. The molecule has 0 atom stereocenters. The van der Waals surface area contributed by atoms with Crippen molar-refractivity contribution in [1.29, 1.82) is 0 Å². The van der Waals surface area contributed by atoms with E-state index in [1.165, 1.54) is 19.2 Å². The van der Waals surface area contributed by atoms with Gasteiger partial charge in [-0.15, -0.1) is 0 Å². The van der Waals surface area contributed by atoms with Crippen molar-refractivity contribution in [3.63, 3.8) is 0 Å². The van der Waals surface area contributed by atoms with Gasteiger partial charge in [0, 0.05) is 5.69 Å². The Labute approximate surface area is 75.9 Å². The Hall–Kier alpha value is -1.27. The Bertz CT molecular complexity index is 413. The Morgan fingerprint density at radius 3 is 2.54 bits per heavy atom. The van der Waals surface area contributed by atoms with Crippen LogP contribution < -0.4 is 10.5 Å². The third kappa shape index (κ3) is 2.10. The molecule has 0 bridgehead atoms. The van der Waals surface area contributed by atoms with Gasteiger partial charge < -0.3 is 15.0 Å². The van der Waals surface area contributed by atoms with Crippen LogP contribution in [-0.4, -0.2) is 20.1 Å². The van der Waals surface area contributed by atoms with E-state index in [1.807, 2.05) is 0 Å². The van der Waals surface area contributed by atoms with Crippen molar-refractivity contribution in [3.8, 4) is 5.75 Å². The first-order chi connectivity index (χ1) is 5.95. The highest BCUT2D eigenvalue weighted by Crippen LogP contribution is 2.23. The van der Waals surface area contributed by atoms with Gasteiger partial charge in [-0.25, -0.2) is 8.42 Å². The largest absolute Gasteiger partial charge is 0.744 e. The Kier molecular flexibility index (Phi) is 2.44. The minimum absolute atomic E-state index is 0.0733. The lowest BCUT2D eigenvalue weighted by atomic mass is 10.3. The summed E-state index contributed by atoms with van der Waals surface area (Å²) in [5.41, 5.74) is 5.22. The number of nitrogens with two attached hydrogens (primary N) is 1. The van der Waals surface area contributed by atoms with Gasteiger partial charge in [0.25, 0.3) is 0 Å². The topological polar surface area (TPSA) is 92.5 Å². The van der Waals surface area contributed by atoms with Crippen LogP contribution in [0, 0.1) is 0 Å². The lowest BCUT2D eigenvalue weighted by Gasteiger charge is -2.10. The summed E-state index contributed by atoms with van der Waals surface area (Å²) in [5.74, 6) is 0.281. The predicted molar refractivity (Wildman–Crippen MR) is 45.4 cm³/mol. The maximum absolute atomic E-state index is 10.6. The standard InChI is InChI=1S/C7H9NO4S/c1-12-5-2-3-6(8)7(4-5)13(9,10)11/h2-4H,8H2,1H3,(H,9,10,11)/p-1. The molecule has 0 amide bonds. The number of anilines is 1. The molecule has 5 nitrogen and oxygen atoms in total. The monoisotopic (exact) mass is 202 g/mol. The molecule has 0 aliphatic carbocycles. The summed E-state index contributed by atoms with van der Waals surface area (Å²) in [6.07, 6.45) is 0. The highest BCUT2D eigenvalue weighted by molar-refractivity contribution is 7.86. The number of benzene rings is 1. The average molecular weight is 202 g/mol. The summed E-state index contributed by atoms with van der Waals surface area (Å²) >= 11 is 0. The lowest BCUT2D eigenvalue weighted by Crippen LogP contribution is -2.03. The first-order valence-electron chi connectivity index (χ1n) is 3.34. The van der Waals surface area contributed by atoms with Crippen LogP contribution in [0.4, 0.5) is 5.69 Å². The maximum atomic E-state index is 10.6. The SMILES string of the molecule is COc1ccc(N)c(S(=O)(=O)[O-])c1. The van der Waals surface area contributed by atoms with Crippen molar-refractivity contribution in [2.45, 2.75) is 4.90 Å². The van der Waals surface area contributed by atoms with Crippen LogP contribution >= 0.6 is 0 Å². The van der Waals surface area contributed by atoms with Crippen LogP contribution in [-0.2, 0) is 10.1 Å². The van der Waals surface area contributed by atoms with E-state index >= 15 is 0 Å². The molecule has 1 aromatic rings. The molecule has 0 fully saturated rings. The van der Waals surface area contributed by atoms with Crippen LogP contribution in [0.25, 0.3) is 0 Å². The molecule has 0 heterocycles. The first-order valence-corrected chi connectivity index (χ1v) is 4.75. The van der Waals surface area contributed by atoms with Gasteiger partial charge in [-0.1, -0.05) is 0 Å². The molecule has 72 valence electrons. The molecule has 6 heteroatoms. The summed E-state index contributed by atoms with van der Waals surface area (Å²) in [6.45, 7) is 0. The van der Waals surface area contributed by atoms with E-state index in [4.69, 9.17) is 10.5 Å². The quantitative estimate of drug-likeness (QED) is 0.545. The summed E-state index contributed by atoms with van der Waals surface area (Å²) < 4.78 is 36.6. The molecular weight excluding hydrogens is 194 g/mol. The predicted octanol–water partition coefficient (Wildman–Crippen LogP) is 0.181. The molecule has 0 aliphatic heterocycles. The molecule has 0 radical (unpaired) electrons. The highest BCUT2D eigenvalue weighted by Gasteiger charge is 2.07. The third-order valence-electron chi connectivity index (χ3n) is 1.49. The smallest absolute Gasteiger partial charge is 0.126 e. The number of nitrogen functional groups attached to an aromatic ring is 1. The molecule has 0 unspecified atom stereocenters. The molecule has 1 aromatic carbocycles. The third-order valence-corrected chi connectivity index (χ3v) is 2.38. The van der Waals surface area contributed by atoms with E-state index in [-0.39, 0.29) is 11.4 Å². The average Bonchev–Trinajstić information content (AvgIpc) is 2.03. The van der Waals surface area contributed by atoms with E-state index in [2.05, 4.69) is 0 Å². The van der Waals surface area contributed by atoms with Gasteiger partial charge in [-0.2, -0.15) is 0 Å². The van der Waals surface area contributed by atoms with Gasteiger partial charge in [0.15, 0.2) is 0 Å². The number of methoxy groups -OCH3 is 1. The fraction of sp³-hybridized carbons (Fsp3) is 0.143. The van der Waals surface area contributed by atoms with E-state index in [9.17, 15) is 13.0 Å². The van der Waals surface area contributed by atoms with Crippen LogP contribution in [0.15, 0.2) is 23.1 Å². The van der Waals surface area contributed by atoms with E-state index < -0.39 is 15.0 Å². The van der Waals surface area contributed by atoms with Crippen LogP contribution in [0.3, 0.4) is 0 Å². The Morgan fingerprint density at radius 2 is 2.08 bits per heavy atom. The summed E-state index contributed by atoms with van der Waals surface area (Å²) in [5, 5.41) is 0. The van der Waals surface area contributed by atoms with Crippen molar-refractivity contribution >= 4 is 15.8 Å².